The predicted octanol–water partition coefficient (Wildman–Crippen LogP) is 3.03. The Balaban J connectivity index is 1.56. The van der Waals surface area contributed by atoms with Crippen LogP contribution in [-0.2, 0) is 4.74 Å². The lowest BCUT2D eigenvalue weighted by Gasteiger charge is -2.40. The van der Waals surface area contributed by atoms with Gasteiger partial charge in [0.05, 0.1) is 27.7 Å². The van der Waals surface area contributed by atoms with Crippen molar-refractivity contribution in [1.82, 2.24) is 21.7 Å². The molecule has 6 N–H and O–H groups in total. The quantitative estimate of drug-likeness (QED) is 0.465. The first-order valence-corrected chi connectivity index (χ1v) is 11.0. The van der Waals surface area contributed by atoms with Crippen molar-refractivity contribution in [2.24, 2.45) is 23.5 Å². The zero-order chi connectivity index (χ0) is 22.4. The fraction of sp³-hybridized carbons (Fsp3) is 0.318. The monoisotopic (exact) mass is 474 g/mol. The van der Waals surface area contributed by atoms with Gasteiger partial charge in [0.1, 0.15) is 11.9 Å². The Labute approximate surface area is 194 Å². The Morgan fingerprint density at radius 1 is 1.00 bits per heavy atom. The number of hydrazine groups is 2. The third kappa shape index (κ3) is 3.61. The minimum atomic E-state index is -0.439. The first kappa shape index (κ1) is 21.5. The molecular formula is C22H21Cl2FN6O. The topological polar surface area (TPSA) is 107 Å². The maximum Gasteiger partial charge on any atom is 0.200 e. The molecule has 7 nitrogen and oxygen atoms in total. The van der Waals surface area contributed by atoms with E-state index in [0.29, 0.717) is 22.2 Å². The van der Waals surface area contributed by atoms with Gasteiger partial charge in [-0.15, -0.1) is 0 Å². The van der Waals surface area contributed by atoms with Crippen LogP contribution in [0, 0.1) is 34.9 Å². The first-order chi connectivity index (χ1) is 15.5. The molecule has 10 heteroatoms. The molecule has 0 saturated carbocycles. The molecule has 0 radical (unpaired) electrons. The largest absolute Gasteiger partial charge is 0.458 e. The Bertz CT molecular complexity index is 1100. The fourth-order valence-electron chi connectivity index (χ4n) is 5.09. The second-order valence-electron chi connectivity index (χ2n) is 8.19. The van der Waals surface area contributed by atoms with Crippen molar-refractivity contribution in [3.63, 3.8) is 0 Å². The summed E-state index contributed by atoms with van der Waals surface area (Å²) in [5.74, 6) is -0.639. The highest BCUT2D eigenvalue weighted by molar-refractivity contribution is 6.42. The number of nitrogens with zero attached hydrogens (tertiary/aromatic N) is 1. The average molecular weight is 475 g/mol. The molecule has 166 valence electrons. The van der Waals surface area contributed by atoms with Gasteiger partial charge in [0.15, 0.2) is 12.1 Å². The zero-order valence-corrected chi connectivity index (χ0v) is 18.3. The first-order valence-electron chi connectivity index (χ1n) is 10.2. The number of nitrogens with one attached hydrogen (secondary N) is 4. The Morgan fingerprint density at radius 3 is 2.47 bits per heavy atom. The van der Waals surface area contributed by atoms with E-state index in [1.807, 2.05) is 12.1 Å². The van der Waals surface area contributed by atoms with Crippen molar-refractivity contribution in [2.45, 2.75) is 18.3 Å². The average Bonchev–Trinajstić information content (AvgIpc) is 3.42. The normalized spacial score (nSPS) is 31.8. The highest BCUT2D eigenvalue weighted by Gasteiger charge is 2.53. The summed E-state index contributed by atoms with van der Waals surface area (Å²) in [4.78, 5) is 0. The summed E-state index contributed by atoms with van der Waals surface area (Å²) in [5.41, 5.74) is 21.4. The number of hydrogen-bond donors (Lipinski definition) is 5. The highest BCUT2D eigenvalue weighted by atomic mass is 35.5. The number of fused-ring (bicyclic) bond motifs is 1. The number of nitrogens with two attached hydrogens (primary N) is 1. The van der Waals surface area contributed by atoms with Crippen molar-refractivity contribution in [3.8, 4) is 6.07 Å². The van der Waals surface area contributed by atoms with Gasteiger partial charge in [-0.1, -0.05) is 41.4 Å². The van der Waals surface area contributed by atoms with Crippen LogP contribution < -0.4 is 27.4 Å². The Morgan fingerprint density at radius 2 is 1.75 bits per heavy atom. The second-order valence-corrected chi connectivity index (χ2v) is 9.00. The molecule has 3 aliphatic heterocycles. The van der Waals surface area contributed by atoms with E-state index in [2.05, 4.69) is 27.8 Å². The second kappa shape index (κ2) is 8.52. The van der Waals surface area contributed by atoms with E-state index >= 15 is 0 Å². The van der Waals surface area contributed by atoms with Crippen LogP contribution in [0.15, 0.2) is 53.9 Å². The minimum absolute atomic E-state index is 0.0444. The third-order valence-corrected chi connectivity index (χ3v) is 7.26. The molecule has 32 heavy (non-hydrogen) atoms. The molecule has 2 aromatic carbocycles. The van der Waals surface area contributed by atoms with E-state index in [0.717, 1.165) is 11.1 Å². The van der Waals surface area contributed by atoms with Crippen LogP contribution in [0.25, 0.3) is 0 Å². The van der Waals surface area contributed by atoms with Gasteiger partial charge in [-0.3, -0.25) is 5.43 Å². The van der Waals surface area contributed by atoms with Crippen LogP contribution in [0.2, 0.25) is 10.0 Å². The van der Waals surface area contributed by atoms with Crippen LogP contribution in [0.3, 0.4) is 0 Å². The van der Waals surface area contributed by atoms with Gasteiger partial charge in [0.25, 0.3) is 0 Å². The zero-order valence-electron chi connectivity index (χ0n) is 16.8. The van der Waals surface area contributed by atoms with Gasteiger partial charge in [-0.05, 0) is 35.4 Å². The summed E-state index contributed by atoms with van der Waals surface area (Å²) in [6, 6.07) is 13.8. The van der Waals surface area contributed by atoms with E-state index in [1.54, 1.807) is 18.2 Å². The Kier molecular flexibility index (Phi) is 5.72. The summed E-state index contributed by atoms with van der Waals surface area (Å²) in [5, 5.41) is 10.9. The van der Waals surface area contributed by atoms with Crippen LogP contribution in [0.1, 0.15) is 23.2 Å². The van der Waals surface area contributed by atoms with E-state index < -0.39 is 6.23 Å². The van der Waals surface area contributed by atoms with Crippen LogP contribution in [0.4, 0.5) is 4.39 Å². The van der Waals surface area contributed by atoms with Crippen LogP contribution in [0.5, 0.6) is 0 Å². The molecule has 5 rings (SSSR count). The number of halogens is 3. The summed E-state index contributed by atoms with van der Waals surface area (Å²) < 4.78 is 19.4. The molecule has 0 bridgehead atoms. The van der Waals surface area contributed by atoms with Gasteiger partial charge < -0.3 is 10.5 Å². The van der Waals surface area contributed by atoms with E-state index in [9.17, 15) is 9.65 Å². The van der Waals surface area contributed by atoms with E-state index in [1.165, 1.54) is 12.1 Å². The van der Waals surface area contributed by atoms with Gasteiger partial charge in [-0.25, -0.2) is 20.7 Å². The van der Waals surface area contributed by atoms with Crippen molar-refractivity contribution < 1.29 is 9.13 Å². The molecule has 0 spiro atoms. The van der Waals surface area contributed by atoms with Crippen molar-refractivity contribution in [3.05, 3.63) is 80.9 Å². The third-order valence-electron chi connectivity index (χ3n) is 6.52. The van der Waals surface area contributed by atoms with Crippen molar-refractivity contribution >= 4 is 23.2 Å². The molecule has 2 aromatic rings. The molecule has 0 aromatic heterocycles. The lowest BCUT2D eigenvalue weighted by Crippen LogP contribution is -2.45. The number of nitriles is 1. The minimum Gasteiger partial charge on any atom is -0.458 e. The van der Waals surface area contributed by atoms with Gasteiger partial charge >= 0.3 is 0 Å². The van der Waals surface area contributed by atoms with Crippen molar-refractivity contribution in [1.29, 1.82) is 5.26 Å². The predicted molar refractivity (Wildman–Crippen MR) is 118 cm³/mol. The number of rotatable bonds is 3. The number of ether oxygens (including phenoxy) is 1. The summed E-state index contributed by atoms with van der Waals surface area (Å²) in [6.45, 7) is 0.600. The van der Waals surface area contributed by atoms with Crippen LogP contribution >= 0.6 is 23.2 Å². The molecule has 0 aliphatic carbocycles. The molecular weight excluding hydrogens is 454 g/mol. The smallest absolute Gasteiger partial charge is 0.200 e. The lowest BCUT2D eigenvalue weighted by atomic mass is 9.68. The van der Waals surface area contributed by atoms with Gasteiger partial charge in [0.2, 0.25) is 0 Å². The molecule has 6 atom stereocenters. The molecule has 2 saturated heterocycles. The summed E-state index contributed by atoms with van der Waals surface area (Å²) in [7, 11) is 0. The fourth-order valence-corrected chi connectivity index (χ4v) is 5.39. The summed E-state index contributed by atoms with van der Waals surface area (Å²) >= 11 is 12.4. The molecule has 0 amide bonds. The summed E-state index contributed by atoms with van der Waals surface area (Å²) in [6.07, 6.45) is -0.439. The molecule has 2 fully saturated rings. The van der Waals surface area contributed by atoms with Gasteiger partial charge in [-0.2, -0.15) is 5.26 Å². The number of benzene rings is 2. The number of allylic oxidation sites excluding steroid dienone is 1. The van der Waals surface area contributed by atoms with Crippen LogP contribution in [-0.4, -0.2) is 12.8 Å². The SMILES string of the molecule is N#CC1=C(N)OC2NNC(c3ccc(Cl)c(Cl)c3)C2C1C1CNNC1c1ccc(F)cc1. The maximum absolute atomic E-state index is 13.5. The van der Waals surface area contributed by atoms with Crippen molar-refractivity contribution in [2.75, 3.05) is 6.54 Å². The molecule has 3 aliphatic rings. The van der Waals surface area contributed by atoms with Gasteiger partial charge in [0, 0.05) is 24.3 Å². The van der Waals surface area contributed by atoms with E-state index in [-0.39, 0.29) is 41.5 Å². The Hall–Kier alpha value is -2.38. The van der Waals surface area contributed by atoms with E-state index in [4.69, 9.17) is 33.7 Å². The standard InChI is InChI=1S/C22H21Cl2FN6O/c23-15-6-3-11(7-16(15)24)20-18-17(13(8-26)21(27)32-22(18)31-30-20)14-9-28-29-19(14)10-1-4-12(25)5-2-10/h1-7,14,17-20,22,28-31H,9,27H2. The highest BCUT2D eigenvalue weighted by Crippen LogP contribution is 2.49. The molecule has 3 heterocycles. The lowest BCUT2D eigenvalue weighted by molar-refractivity contribution is 0.00572. The number of hydrogen-bond acceptors (Lipinski definition) is 7. The maximum atomic E-state index is 13.5. The molecule has 6 unspecified atom stereocenters.